The molecule has 118 valence electrons. The zero-order chi connectivity index (χ0) is 16.5. The van der Waals surface area contributed by atoms with Gasteiger partial charge in [0.15, 0.2) is 0 Å². The second-order valence-electron chi connectivity index (χ2n) is 4.85. The van der Waals surface area contributed by atoms with Gasteiger partial charge >= 0.3 is 0 Å². The topological polar surface area (TPSA) is 81.4 Å². The van der Waals surface area contributed by atoms with E-state index in [1.165, 1.54) is 30.2 Å². The molecule has 2 rings (SSSR count). The maximum absolute atomic E-state index is 10.9. The van der Waals surface area contributed by atoms with E-state index in [-0.39, 0.29) is 11.8 Å². The van der Waals surface area contributed by atoms with Crippen molar-refractivity contribution in [3.63, 3.8) is 0 Å². The van der Waals surface area contributed by atoms with Gasteiger partial charge in [-0.05, 0) is 34.9 Å². The maximum atomic E-state index is 10.9. The highest BCUT2D eigenvalue weighted by Gasteiger charge is 2.03. The molecule has 0 atom stereocenters. The van der Waals surface area contributed by atoms with E-state index < -0.39 is 0 Å². The van der Waals surface area contributed by atoms with E-state index in [0.717, 1.165) is 12.2 Å². The Morgan fingerprint density at radius 3 is 2.45 bits per heavy atom. The lowest BCUT2D eigenvalue weighted by molar-refractivity contribution is -0.119. The van der Waals surface area contributed by atoms with Gasteiger partial charge in [0.2, 0.25) is 11.8 Å². The lowest BCUT2D eigenvalue weighted by atomic mass is 10.0. The van der Waals surface area contributed by atoms with Gasteiger partial charge in [0.25, 0.3) is 0 Å². The molecule has 5 nitrogen and oxygen atoms in total. The van der Waals surface area contributed by atoms with Gasteiger partial charge in [-0.1, -0.05) is 24.3 Å². The number of fused-ring (bicyclic) bond motifs is 1. The Morgan fingerprint density at radius 2 is 1.86 bits per heavy atom. The molecule has 0 aromatic heterocycles. The lowest BCUT2D eigenvalue weighted by Crippen LogP contribution is -2.22. The molecule has 0 unspecified atom stereocenters. The van der Waals surface area contributed by atoms with E-state index in [0.29, 0.717) is 6.54 Å². The summed E-state index contributed by atoms with van der Waals surface area (Å²) >= 11 is 0. The minimum absolute atomic E-state index is 0.00724. The average molecular weight is 302 g/mol. The van der Waals surface area contributed by atoms with Crippen LogP contribution in [-0.4, -0.2) is 25.5 Å². The maximum Gasteiger partial charge on any atom is 0.216 e. The van der Waals surface area contributed by atoms with Crippen LogP contribution in [0.2, 0.25) is 0 Å². The summed E-state index contributed by atoms with van der Waals surface area (Å²) in [4.78, 5) is 20.1. The molecule has 0 aliphatic rings. The second-order valence-corrected chi connectivity index (χ2v) is 4.85. The highest BCUT2D eigenvalue weighted by molar-refractivity contribution is 5.87. The van der Waals surface area contributed by atoms with Crippen molar-refractivity contribution in [3.05, 3.63) is 42.0 Å². The highest BCUT2D eigenvalue weighted by Crippen LogP contribution is 2.24. The van der Waals surface area contributed by atoms with Crippen molar-refractivity contribution in [2.75, 3.05) is 13.7 Å². The third-order valence-electron chi connectivity index (χ3n) is 2.95. The molecule has 0 aliphatic carbocycles. The van der Waals surface area contributed by atoms with Crippen LogP contribution in [0.15, 0.2) is 36.4 Å². The van der Waals surface area contributed by atoms with Crippen molar-refractivity contribution < 1.29 is 14.3 Å². The van der Waals surface area contributed by atoms with Crippen molar-refractivity contribution in [2.45, 2.75) is 20.3 Å². The fourth-order valence-corrected chi connectivity index (χ4v) is 2.03. The molecule has 0 aliphatic heterocycles. The molecule has 5 heteroatoms. The first kappa shape index (κ1) is 17.5. The monoisotopic (exact) mass is 302 g/mol. The fourth-order valence-electron chi connectivity index (χ4n) is 2.03. The summed E-state index contributed by atoms with van der Waals surface area (Å²) in [6.07, 6.45) is 0.823. The van der Waals surface area contributed by atoms with Gasteiger partial charge in [-0.15, -0.1) is 0 Å². The van der Waals surface area contributed by atoms with Crippen LogP contribution >= 0.6 is 0 Å². The van der Waals surface area contributed by atoms with E-state index in [4.69, 9.17) is 4.74 Å². The minimum atomic E-state index is -0.333. The molecule has 0 saturated carbocycles. The standard InChI is InChI=1S/C15H17NO2.C2H5NO/c1-11(17)16-9-8-13-5-3-4-12-6-7-14(18-2)10-15(12)13;1-2(3)4/h3-7,10H,8-9H2,1-2H3,(H,16,17);1H3,(H2,3,4). The van der Waals surface area contributed by atoms with Gasteiger partial charge in [-0.2, -0.15) is 0 Å². The minimum Gasteiger partial charge on any atom is -0.497 e. The van der Waals surface area contributed by atoms with Crippen LogP contribution in [0, 0.1) is 0 Å². The molecule has 2 aromatic rings. The van der Waals surface area contributed by atoms with Gasteiger partial charge < -0.3 is 15.8 Å². The van der Waals surface area contributed by atoms with Crippen LogP contribution in [0.1, 0.15) is 19.4 Å². The molecule has 3 N–H and O–H groups in total. The van der Waals surface area contributed by atoms with Crippen LogP contribution in [-0.2, 0) is 16.0 Å². The molecular formula is C17H22N2O3. The van der Waals surface area contributed by atoms with Crippen molar-refractivity contribution >= 4 is 22.6 Å². The van der Waals surface area contributed by atoms with Crippen LogP contribution in [0.5, 0.6) is 5.75 Å². The number of nitrogens with one attached hydrogen (secondary N) is 1. The number of benzene rings is 2. The Kier molecular flexibility index (Phi) is 6.89. The van der Waals surface area contributed by atoms with Gasteiger partial charge in [0.05, 0.1) is 7.11 Å². The molecule has 22 heavy (non-hydrogen) atoms. The number of rotatable bonds is 4. The Labute approximate surface area is 130 Å². The number of carbonyl (C=O) groups is 2. The van der Waals surface area contributed by atoms with Gasteiger partial charge in [-0.25, -0.2) is 0 Å². The molecule has 0 bridgehead atoms. The molecule has 0 saturated heterocycles. The van der Waals surface area contributed by atoms with E-state index in [9.17, 15) is 9.59 Å². The zero-order valence-corrected chi connectivity index (χ0v) is 13.2. The normalized spacial score (nSPS) is 9.59. The van der Waals surface area contributed by atoms with Crippen molar-refractivity contribution in [1.29, 1.82) is 0 Å². The van der Waals surface area contributed by atoms with Crippen LogP contribution in [0.4, 0.5) is 0 Å². The largest absolute Gasteiger partial charge is 0.497 e. The van der Waals surface area contributed by atoms with Crippen molar-refractivity contribution in [1.82, 2.24) is 5.32 Å². The molecule has 0 spiro atoms. The summed E-state index contributed by atoms with van der Waals surface area (Å²) < 4.78 is 5.25. The summed E-state index contributed by atoms with van der Waals surface area (Å²) in [6.45, 7) is 3.50. The van der Waals surface area contributed by atoms with Gasteiger partial charge in [0, 0.05) is 20.4 Å². The molecular weight excluding hydrogens is 280 g/mol. The van der Waals surface area contributed by atoms with E-state index in [2.05, 4.69) is 29.2 Å². The smallest absolute Gasteiger partial charge is 0.216 e. The summed E-state index contributed by atoms with van der Waals surface area (Å²) in [7, 11) is 1.67. The van der Waals surface area contributed by atoms with E-state index in [1.54, 1.807) is 7.11 Å². The van der Waals surface area contributed by atoms with Gasteiger partial charge in [-0.3, -0.25) is 9.59 Å². The van der Waals surface area contributed by atoms with Crippen molar-refractivity contribution in [2.24, 2.45) is 5.73 Å². The lowest BCUT2D eigenvalue weighted by Gasteiger charge is -2.08. The predicted molar refractivity (Wildman–Crippen MR) is 87.8 cm³/mol. The second kappa shape index (κ2) is 8.67. The van der Waals surface area contributed by atoms with Crippen LogP contribution < -0.4 is 15.8 Å². The number of methoxy groups -OCH3 is 1. The first-order valence-corrected chi connectivity index (χ1v) is 7.00. The van der Waals surface area contributed by atoms with Gasteiger partial charge in [0.1, 0.15) is 5.75 Å². The summed E-state index contributed by atoms with van der Waals surface area (Å²) in [5.41, 5.74) is 5.69. The highest BCUT2D eigenvalue weighted by atomic mass is 16.5. The summed E-state index contributed by atoms with van der Waals surface area (Å²) in [5, 5.41) is 5.19. The number of hydrogen-bond donors (Lipinski definition) is 2. The van der Waals surface area contributed by atoms with Crippen LogP contribution in [0.25, 0.3) is 10.8 Å². The zero-order valence-electron chi connectivity index (χ0n) is 13.2. The first-order chi connectivity index (χ1) is 10.4. The number of hydrogen-bond acceptors (Lipinski definition) is 3. The number of carbonyl (C=O) groups excluding carboxylic acids is 2. The Balaban J connectivity index is 0.000000541. The average Bonchev–Trinajstić information content (AvgIpc) is 2.46. The fraction of sp³-hybridized carbons (Fsp3) is 0.294. The SMILES string of the molecule is CC(N)=O.COc1ccc2cccc(CCNC(C)=O)c2c1. The molecule has 0 heterocycles. The molecule has 2 amide bonds. The third-order valence-corrected chi connectivity index (χ3v) is 2.95. The molecule has 2 aromatic carbocycles. The summed E-state index contributed by atoms with van der Waals surface area (Å²) in [6, 6.07) is 12.3. The quantitative estimate of drug-likeness (QED) is 0.906. The van der Waals surface area contributed by atoms with E-state index >= 15 is 0 Å². The number of primary amides is 1. The first-order valence-electron chi connectivity index (χ1n) is 7.00. The van der Waals surface area contributed by atoms with Crippen molar-refractivity contribution in [3.8, 4) is 5.75 Å². The van der Waals surface area contributed by atoms with Crippen LogP contribution in [0.3, 0.4) is 0 Å². The predicted octanol–water partition coefficient (Wildman–Crippen LogP) is 2.02. The Hall–Kier alpha value is -2.56. The number of ether oxygens (including phenoxy) is 1. The number of amides is 2. The molecule has 0 radical (unpaired) electrons. The molecule has 0 fully saturated rings. The summed E-state index contributed by atoms with van der Waals surface area (Å²) in [5.74, 6) is 0.530. The van der Waals surface area contributed by atoms with E-state index in [1.807, 2.05) is 18.2 Å². The number of nitrogens with two attached hydrogens (primary N) is 1. The Morgan fingerprint density at radius 1 is 1.18 bits per heavy atom. The Bertz CT molecular complexity index is 649. The third kappa shape index (κ3) is 5.83.